The third-order valence-electron chi connectivity index (χ3n) is 4.58. The van der Waals surface area contributed by atoms with Gasteiger partial charge in [-0.15, -0.1) is 0 Å². The van der Waals surface area contributed by atoms with Gasteiger partial charge in [-0.3, -0.25) is 20.0 Å². The first kappa shape index (κ1) is 20.2. The molecule has 8 heteroatoms. The Bertz CT molecular complexity index is 940. The van der Waals surface area contributed by atoms with E-state index in [0.29, 0.717) is 23.7 Å². The maximum atomic E-state index is 12.9. The second kappa shape index (κ2) is 8.64. The van der Waals surface area contributed by atoms with Crippen LogP contribution in [0.1, 0.15) is 11.1 Å². The van der Waals surface area contributed by atoms with Crippen molar-refractivity contribution in [2.75, 3.05) is 32.8 Å². The number of benzene rings is 2. The predicted octanol–water partition coefficient (Wildman–Crippen LogP) is 1.92. The Morgan fingerprint density at radius 1 is 1.17 bits per heavy atom. The minimum absolute atomic E-state index is 0.0956. The summed E-state index contributed by atoms with van der Waals surface area (Å²) in [6.07, 6.45) is 0. The number of anilines is 1. The zero-order valence-electron chi connectivity index (χ0n) is 16.9. The maximum absolute atomic E-state index is 12.9. The smallest absolute Gasteiger partial charge is 0.290 e. The van der Waals surface area contributed by atoms with Crippen molar-refractivity contribution < 1.29 is 19.1 Å². The fraction of sp³-hybridized carbons (Fsp3) is 0.286. The van der Waals surface area contributed by atoms with E-state index in [0.717, 1.165) is 11.1 Å². The number of nitrogens with zero attached hydrogens (tertiary/aromatic N) is 3. The average Bonchev–Trinajstić information content (AvgIpc) is 2.74. The van der Waals surface area contributed by atoms with E-state index in [9.17, 15) is 9.59 Å². The molecule has 0 atom stereocenters. The highest BCUT2D eigenvalue weighted by atomic mass is 16.5. The SMILES string of the molecule is COc1ccc(CN(C)C(=O)C2=NCC(=O)N(c3ccc(C)cc3)N2)c(OC)c1. The molecule has 2 amide bonds. The molecule has 1 aliphatic rings. The van der Waals surface area contributed by atoms with Gasteiger partial charge in [0.25, 0.3) is 11.8 Å². The van der Waals surface area contributed by atoms with Crippen molar-refractivity contribution in [3.63, 3.8) is 0 Å². The second-order valence-electron chi connectivity index (χ2n) is 6.68. The first-order valence-electron chi connectivity index (χ1n) is 9.10. The molecule has 2 aromatic rings. The van der Waals surface area contributed by atoms with E-state index in [4.69, 9.17) is 9.47 Å². The van der Waals surface area contributed by atoms with Gasteiger partial charge in [-0.05, 0) is 31.2 Å². The van der Waals surface area contributed by atoms with Crippen LogP contribution >= 0.6 is 0 Å². The molecule has 0 aromatic heterocycles. The standard InChI is InChI=1S/C21H24N4O4/c1-14-5-8-16(9-6-14)25-19(26)12-22-20(23-25)21(27)24(2)13-15-7-10-17(28-3)11-18(15)29-4/h5-11H,12-13H2,1-4H3,(H,22,23). The molecule has 1 N–H and O–H groups in total. The van der Waals surface area contributed by atoms with Gasteiger partial charge in [0, 0.05) is 25.2 Å². The Hall–Kier alpha value is -3.55. The highest BCUT2D eigenvalue weighted by molar-refractivity contribution is 6.39. The summed E-state index contributed by atoms with van der Waals surface area (Å²) in [5.74, 6) is 0.849. The van der Waals surface area contributed by atoms with Crippen LogP contribution in [0.3, 0.4) is 0 Å². The van der Waals surface area contributed by atoms with Crippen LogP contribution < -0.4 is 19.9 Å². The van der Waals surface area contributed by atoms with E-state index in [1.165, 1.54) is 9.91 Å². The second-order valence-corrected chi connectivity index (χ2v) is 6.68. The van der Waals surface area contributed by atoms with Crippen molar-refractivity contribution in [3.8, 4) is 11.5 Å². The van der Waals surface area contributed by atoms with Crippen LogP contribution in [0.5, 0.6) is 11.5 Å². The highest BCUT2D eigenvalue weighted by Gasteiger charge is 2.27. The summed E-state index contributed by atoms with van der Waals surface area (Å²) >= 11 is 0. The number of hydrogen-bond acceptors (Lipinski definition) is 6. The number of hydrogen-bond donors (Lipinski definition) is 1. The van der Waals surface area contributed by atoms with Gasteiger partial charge in [0.1, 0.15) is 18.0 Å². The van der Waals surface area contributed by atoms with Crippen LogP contribution in [0, 0.1) is 6.92 Å². The van der Waals surface area contributed by atoms with Gasteiger partial charge in [-0.1, -0.05) is 17.7 Å². The van der Waals surface area contributed by atoms with Gasteiger partial charge in [0.2, 0.25) is 5.84 Å². The number of hydrazine groups is 1. The maximum Gasteiger partial charge on any atom is 0.290 e. The molecule has 1 heterocycles. The van der Waals surface area contributed by atoms with Crippen LogP contribution in [-0.4, -0.2) is 50.4 Å². The van der Waals surface area contributed by atoms with Crippen molar-refractivity contribution >= 4 is 23.3 Å². The van der Waals surface area contributed by atoms with Gasteiger partial charge in [-0.2, -0.15) is 0 Å². The number of ether oxygens (including phenoxy) is 2. The molecule has 3 rings (SSSR count). The summed E-state index contributed by atoms with van der Waals surface area (Å²) in [6.45, 7) is 2.18. The van der Waals surface area contributed by atoms with Crippen LogP contribution in [0.25, 0.3) is 0 Å². The Morgan fingerprint density at radius 3 is 2.55 bits per heavy atom. The summed E-state index contributed by atoms with van der Waals surface area (Å²) in [4.78, 5) is 30.8. The van der Waals surface area contributed by atoms with E-state index >= 15 is 0 Å². The third kappa shape index (κ3) is 4.48. The van der Waals surface area contributed by atoms with Gasteiger partial charge >= 0.3 is 0 Å². The summed E-state index contributed by atoms with van der Waals surface area (Å²) in [6, 6.07) is 12.9. The highest BCUT2D eigenvalue weighted by Crippen LogP contribution is 2.25. The molecule has 0 aliphatic carbocycles. The number of amidine groups is 1. The Kier molecular flexibility index (Phi) is 6.01. The van der Waals surface area contributed by atoms with Gasteiger partial charge < -0.3 is 14.4 Å². The molecule has 1 aliphatic heterocycles. The number of carbonyl (C=O) groups is 2. The molecule has 8 nitrogen and oxygen atoms in total. The van der Waals surface area contributed by atoms with Crippen LogP contribution in [0.15, 0.2) is 47.5 Å². The molecule has 152 valence electrons. The number of aliphatic imine (C=N–C) groups is 1. The van der Waals surface area contributed by atoms with Gasteiger partial charge in [0.05, 0.1) is 19.9 Å². The van der Waals surface area contributed by atoms with Crippen LogP contribution in [-0.2, 0) is 16.1 Å². The van der Waals surface area contributed by atoms with E-state index in [-0.39, 0.29) is 24.2 Å². The Labute approximate surface area is 169 Å². The Balaban J connectivity index is 1.74. The van der Waals surface area contributed by atoms with Gasteiger partial charge in [-0.25, -0.2) is 5.01 Å². The van der Waals surface area contributed by atoms with Crippen LogP contribution in [0.4, 0.5) is 5.69 Å². The quantitative estimate of drug-likeness (QED) is 0.807. The summed E-state index contributed by atoms with van der Waals surface area (Å²) in [5.41, 5.74) is 5.40. The lowest BCUT2D eigenvalue weighted by Gasteiger charge is -2.29. The molecule has 0 bridgehead atoms. The number of nitrogens with one attached hydrogen (secondary N) is 1. The van der Waals surface area contributed by atoms with Gasteiger partial charge in [0.15, 0.2) is 0 Å². The predicted molar refractivity (Wildman–Crippen MR) is 110 cm³/mol. The number of carbonyl (C=O) groups excluding carboxylic acids is 2. The fourth-order valence-electron chi connectivity index (χ4n) is 2.93. The number of amides is 2. The lowest BCUT2D eigenvalue weighted by atomic mass is 10.1. The van der Waals surface area contributed by atoms with Crippen molar-refractivity contribution in [3.05, 3.63) is 53.6 Å². The average molecular weight is 396 g/mol. The lowest BCUT2D eigenvalue weighted by Crippen LogP contribution is -2.55. The van der Waals surface area contributed by atoms with E-state index in [1.54, 1.807) is 27.3 Å². The zero-order valence-corrected chi connectivity index (χ0v) is 16.9. The molecule has 0 unspecified atom stereocenters. The monoisotopic (exact) mass is 396 g/mol. The molecule has 0 fully saturated rings. The van der Waals surface area contributed by atoms with E-state index < -0.39 is 0 Å². The Morgan fingerprint density at radius 2 is 1.90 bits per heavy atom. The number of aryl methyl sites for hydroxylation is 1. The van der Waals surface area contributed by atoms with Crippen LogP contribution in [0.2, 0.25) is 0 Å². The van der Waals surface area contributed by atoms with Crippen molar-refractivity contribution in [2.24, 2.45) is 4.99 Å². The third-order valence-corrected chi connectivity index (χ3v) is 4.58. The molecule has 0 radical (unpaired) electrons. The molecule has 0 spiro atoms. The fourth-order valence-corrected chi connectivity index (χ4v) is 2.93. The number of methoxy groups -OCH3 is 2. The molecular formula is C21H24N4O4. The summed E-state index contributed by atoms with van der Waals surface area (Å²) < 4.78 is 10.6. The first-order valence-corrected chi connectivity index (χ1v) is 9.10. The minimum atomic E-state index is -0.326. The number of likely N-dealkylation sites (N-methyl/N-ethyl adjacent to an activating group) is 1. The number of rotatable bonds is 6. The zero-order chi connectivity index (χ0) is 21.0. The van der Waals surface area contributed by atoms with Crippen molar-refractivity contribution in [2.45, 2.75) is 13.5 Å². The molecule has 2 aromatic carbocycles. The lowest BCUT2D eigenvalue weighted by molar-refractivity contribution is -0.123. The molecule has 0 saturated carbocycles. The minimum Gasteiger partial charge on any atom is -0.497 e. The largest absolute Gasteiger partial charge is 0.497 e. The topological polar surface area (TPSA) is 83.5 Å². The van der Waals surface area contributed by atoms with Crippen molar-refractivity contribution in [1.29, 1.82) is 0 Å². The normalized spacial score (nSPS) is 13.4. The molecule has 29 heavy (non-hydrogen) atoms. The van der Waals surface area contributed by atoms with Crippen molar-refractivity contribution in [1.82, 2.24) is 10.3 Å². The summed E-state index contributed by atoms with van der Waals surface area (Å²) in [5, 5.41) is 1.35. The first-order chi connectivity index (χ1) is 13.9. The molecule has 0 saturated heterocycles. The molecular weight excluding hydrogens is 372 g/mol. The summed E-state index contributed by atoms with van der Waals surface area (Å²) in [7, 11) is 4.82. The van der Waals surface area contributed by atoms with E-state index in [2.05, 4.69) is 10.4 Å². The van der Waals surface area contributed by atoms with E-state index in [1.807, 2.05) is 43.3 Å².